The van der Waals surface area contributed by atoms with Crippen LogP contribution in [0.2, 0.25) is 0 Å². The molecule has 0 bridgehead atoms. The number of nitrogens with one attached hydrogen (secondary N) is 1. The van der Waals surface area contributed by atoms with Gasteiger partial charge in [0.15, 0.2) is 0 Å². The van der Waals surface area contributed by atoms with E-state index in [-0.39, 0.29) is 11.7 Å². The van der Waals surface area contributed by atoms with E-state index >= 15 is 0 Å². The van der Waals surface area contributed by atoms with Gasteiger partial charge in [-0.25, -0.2) is 9.78 Å². The summed E-state index contributed by atoms with van der Waals surface area (Å²) in [6.45, 7) is 3.52. The van der Waals surface area contributed by atoms with Crippen LogP contribution in [0.1, 0.15) is 30.1 Å². The van der Waals surface area contributed by atoms with Crippen LogP contribution in [0.3, 0.4) is 0 Å². The Hall–Kier alpha value is -1.82. The number of aromatic nitrogens is 1. The monoisotopic (exact) mass is 265 g/mol. The highest BCUT2D eigenvalue weighted by Gasteiger charge is 2.26. The summed E-state index contributed by atoms with van der Waals surface area (Å²) < 4.78 is 5.60. The van der Waals surface area contributed by atoms with Gasteiger partial charge in [-0.2, -0.15) is 0 Å². The van der Waals surface area contributed by atoms with Crippen LogP contribution in [-0.4, -0.2) is 35.3 Å². The Labute approximate surface area is 112 Å². The number of ether oxygens (including phenoxy) is 1. The lowest BCUT2D eigenvalue weighted by Crippen LogP contribution is -2.24. The molecule has 104 valence electrons. The summed E-state index contributed by atoms with van der Waals surface area (Å²) in [6.07, 6.45) is 3.66. The molecule has 6 heteroatoms. The number of nitrogens with zero attached hydrogens (tertiary/aromatic N) is 1. The summed E-state index contributed by atoms with van der Waals surface area (Å²) in [5, 5.41) is 12.2. The number of rotatable bonds is 5. The van der Waals surface area contributed by atoms with E-state index in [0.717, 1.165) is 19.4 Å². The lowest BCUT2D eigenvalue weighted by molar-refractivity contribution is 0.0697. The fraction of sp³-hybridized carbons (Fsp3) is 0.538. The quantitative estimate of drug-likeness (QED) is 0.748. The van der Waals surface area contributed by atoms with Crippen LogP contribution in [0.15, 0.2) is 12.3 Å². The maximum Gasteiger partial charge on any atom is 0.339 e. The zero-order valence-corrected chi connectivity index (χ0v) is 10.9. The topological polar surface area (TPSA) is 97.5 Å². The van der Waals surface area contributed by atoms with Crippen LogP contribution >= 0.6 is 0 Å². The number of nitrogens with two attached hydrogens (primary N) is 1. The second-order valence-corrected chi connectivity index (χ2v) is 4.72. The van der Waals surface area contributed by atoms with E-state index in [1.54, 1.807) is 0 Å². The number of anilines is 2. The minimum absolute atomic E-state index is 0.104. The highest BCUT2D eigenvalue weighted by atomic mass is 16.5. The number of aromatic carboxylic acids is 1. The molecule has 2 heterocycles. The Morgan fingerprint density at radius 2 is 2.47 bits per heavy atom. The summed E-state index contributed by atoms with van der Waals surface area (Å²) in [5.41, 5.74) is 6.00. The predicted octanol–water partition coefficient (Wildman–Crippen LogP) is 1.59. The normalized spacial score (nSPS) is 22.4. The first kappa shape index (κ1) is 13.6. The third-order valence-corrected chi connectivity index (χ3v) is 3.42. The molecule has 1 fully saturated rings. The Bertz CT molecular complexity index is 464. The van der Waals surface area contributed by atoms with Crippen molar-refractivity contribution in [1.29, 1.82) is 0 Å². The smallest absolute Gasteiger partial charge is 0.339 e. The van der Waals surface area contributed by atoms with Gasteiger partial charge in [0.05, 0.1) is 18.0 Å². The Balaban J connectivity index is 2.05. The molecule has 0 aromatic carbocycles. The van der Waals surface area contributed by atoms with Crippen molar-refractivity contribution in [2.24, 2.45) is 5.92 Å². The van der Waals surface area contributed by atoms with Crippen molar-refractivity contribution in [3.05, 3.63) is 17.8 Å². The third-order valence-electron chi connectivity index (χ3n) is 3.42. The maximum atomic E-state index is 11.1. The minimum Gasteiger partial charge on any atom is -0.478 e. The summed E-state index contributed by atoms with van der Waals surface area (Å²) in [6, 6.07) is 1.42. The molecule has 1 aliphatic heterocycles. The Kier molecular flexibility index (Phi) is 4.21. The molecule has 0 amide bonds. The van der Waals surface area contributed by atoms with Gasteiger partial charge in [0.2, 0.25) is 0 Å². The van der Waals surface area contributed by atoms with Gasteiger partial charge < -0.3 is 20.9 Å². The van der Waals surface area contributed by atoms with E-state index in [2.05, 4.69) is 17.2 Å². The van der Waals surface area contributed by atoms with Crippen molar-refractivity contribution in [3.63, 3.8) is 0 Å². The molecular formula is C13H19N3O3. The van der Waals surface area contributed by atoms with Gasteiger partial charge >= 0.3 is 5.97 Å². The van der Waals surface area contributed by atoms with E-state index in [0.29, 0.717) is 24.0 Å². The Morgan fingerprint density at radius 3 is 3.16 bits per heavy atom. The number of carbonyl (C=O) groups is 1. The van der Waals surface area contributed by atoms with Crippen molar-refractivity contribution in [2.45, 2.75) is 25.9 Å². The zero-order chi connectivity index (χ0) is 13.8. The molecular weight excluding hydrogens is 246 g/mol. The van der Waals surface area contributed by atoms with Gasteiger partial charge in [0.1, 0.15) is 11.4 Å². The number of pyridine rings is 1. The lowest BCUT2D eigenvalue weighted by Gasteiger charge is -2.18. The van der Waals surface area contributed by atoms with E-state index < -0.39 is 5.97 Å². The molecule has 6 nitrogen and oxygen atoms in total. The summed E-state index contributed by atoms with van der Waals surface area (Å²) in [4.78, 5) is 15.2. The fourth-order valence-corrected chi connectivity index (χ4v) is 2.39. The van der Waals surface area contributed by atoms with Crippen molar-refractivity contribution < 1.29 is 14.6 Å². The molecule has 1 aliphatic rings. The molecule has 0 radical (unpaired) electrons. The molecule has 0 saturated carbocycles. The molecule has 1 aromatic rings. The van der Waals surface area contributed by atoms with Gasteiger partial charge in [-0.05, 0) is 18.9 Å². The summed E-state index contributed by atoms with van der Waals surface area (Å²) in [7, 11) is 0. The molecule has 0 aliphatic carbocycles. The number of hydrogen-bond acceptors (Lipinski definition) is 5. The Morgan fingerprint density at radius 1 is 1.68 bits per heavy atom. The zero-order valence-electron chi connectivity index (χ0n) is 10.9. The molecule has 4 N–H and O–H groups in total. The van der Waals surface area contributed by atoms with Crippen LogP contribution in [0.5, 0.6) is 0 Å². The van der Waals surface area contributed by atoms with Crippen LogP contribution in [-0.2, 0) is 4.74 Å². The first-order valence-corrected chi connectivity index (χ1v) is 6.46. The molecule has 2 rings (SSSR count). The standard InChI is InChI=1S/C13H19N3O3/c1-2-11-8(3-4-19-11)6-15-12-10(13(17)18)5-9(14)7-16-12/h5,7-8,11H,2-4,6,14H2,1H3,(H,15,16)(H,17,18). The van der Waals surface area contributed by atoms with Gasteiger partial charge in [0.25, 0.3) is 0 Å². The average Bonchev–Trinajstić information content (AvgIpc) is 2.84. The van der Waals surface area contributed by atoms with E-state index in [4.69, 9.17) is 15.6 Å². The van der Waals surface area contributed by atoms with Crippen molar-refractivity contribution >= 4 is 17.5 Å². The second-order valence-electron chi connectivity index (χ2n) is 4.72. The van der Waals surface area contributed by atoms with Gasteiger partial charge in [0, 0.05) is 19.1 Å². The highest BCUT2D eigenvalue weighted by Crippen LogP contribution is 2.24. The van der Waals surface area contributed by atoms with Gasteiger partial charge in [-0.3, -0.25) is 0 Å². The van der Waals surface area contributed by atoms with Crippen LogP contribution < -0.4 is 11.1 Å². The molecule has 0 spiro atoms. The number of carboxylic acids is 1. The van der Waals surface area contributed by atoms with Gasteiger partial charge in [-0.1, -0.05) is 6.92 Å². The van der Waals surface area contributed by atoms with Crippen molar-refractivity contribution in [1.82, 2.24) is 4.98 Å². The number of hydrogen-bond donors (Lipinski definition) is 3. The minimum atomic E-state index is -1.03. The van der Waals surface area contributed by atoms with Crippen molar-refractivity contribution in [2.75, 3.05) is 24.2 Å². The second kappa shape index (κ2) is 5.88. The predicted molar refractivity (Wildman–Crippen MR) is 72.2 cm³/mol. The fourth-order valence-electron chi connectivity index (χ4n) is 2.39. The number of nitrogen functional groups attached to an aromatic ring is 1. The highest BCUT2D eigenvalue weighted by molar-refractivity contribution is 5.94. The third kappa shape index (κ3) is 3.14. The van der Waals surface area contributed by atoms with E-state index in [9.17, 15) is 4.79 Å². The lowest BCUT2D eigenvalue weighted by atomic mass is 9.99. The maximum absolute atomic E-state index is 11.1. The molecule has 2 unspecified atom stereocenters. The van der Waals surface area contributed by atoms with Crippen LogP contribution in [0, 0.1) is 5.92 Å². The summed E-state index contributed by atoms with van der Waals surface area (Å²) in [5.74, 6) is -0.272. The molecule has 2 atom stereocenters. The largest absolute Gasteiger partial charge is 0.478 e. The molecule has 1 saturated heterocycles. The van der Waals surface area contributed by atoms with Crippen LogP contribution in [0.25, 0.3) is 0 Å². The van der Waals surface area contributed by atoms with Crippen molar-refractivity contribution in [3.8, 4) is 0 Å². The first-order valence-electron chi connectivity index (χ1n) is 6.46. The molecule has 1 aromatic heterocycles. The van der Waals surface area contributed by atoms with E-state index in [1.807, 2.05) is 0 Å². The van der Waals surface area contributed by atoms with Crippen LogP contribution in [0.4, 0.5) is 11.5 Å². The number of carboxylic acid groups (broad SMARTS) is 1. The van der Waals surface area contributed by atoms with E-state index in [1.165, 1.54) is 12.3 Å². The average molecular weight is 265 g/mol. The first-order chi connectivity index (χ1) is 9.11. The van der Waals surface area contributed by atoms with Gasteiger partial charge in [-0.15, -0.1) is 0 Å². The summed E-state index contributed by atoms with van der Waals surface area (Å²) >= 11 is 0. The molecule has 19 heavy (non-hydrogen) atoms. The SMILES string of the molecule is CCC1OCCC1CNc1ncc(N)cc1C(=O)O.